The molecule has 2 rings (SSSR count). The van der Waals surface area contributed by atoms with E-state index < -0.39 is 38.4 Å². The average Bonchev–Trinajstić information content (AvgIpc) is 2.35. The van der Waals surface area contributed by atoms with Crippen molar-refractivity contribution in [1.29, 1.82) is 0 Å². The van der Waals surface area contributed by atoms with Crippen molar-refractivity contribution in [3.63, 3.8) is 0 Å². The van der Waals surface area contributed by atoms with Crippen molar-refractivity contribution in [2.24, 2.45) is 0 Å². The van der Waals surface area contributed by atoms with Gasteiger partial charge in [0.2, 0.25) is 10.0 Å². The summed E-state index contributed by atoms with van der Waals surface area (Å²) < 4.78 is 65.3. The van der Waals surface area contributed by atoms with Gasteiger partial charge in [0.15, 0.2) is 11.6 Å². The number of piperidine rings is 1. The van der Waals surface area contributed by atoms with Gasteiger partial charge in [0.05, 0.1) is 5.25 Å². The minimum absolute atomic E-state index is 0.361. The zero-order valence-electron chi connectivity index (χ0n) is 9.92. The van der Waals surface area contributed by atoms with Crippen molar-refractivity contribution in [1.82, 2.24) is 5.32 Å². The van der Waals surface area contributed by atoms with E-state index in [1.165, 1.54) is 0 Å². The van der Waals surface area contributed by atoms with Crippen LogP contribution in [0.4, 0.5) is 18.9 Å². The molecule has 0 radical (unpaired) electrons. The number of hydrogen-bond acceptors (Lipinski definition) is 3. The van der Waals surface area contributed by atoms with Gasteiger partial charge < -0.3 is 5.32 Å². The molecule has 1 heterocycles. The maximum absolute atomic E-state index is 13.4. The first kappa shape index (κ1) is 14.1. The second kappa shape index (κ2) is 5.38. The second-order valence-electron chi connectivity index (χ2n) is 4.34. The zero-order chi connectivity index (χ0) is 14.0. The van der Waals surface area contributed by atoms with Crippen LogP contribution in [0.1, 0.15) is 12.8 Å². The van der Waals surface area contributed by atoms with Gasteiger partial charge in [0.25, 0.3) is 0 Å². The molecule has 1 aliphatic rings. The Hall–Kier alpha value is -1.28. The summed E-state index contributed by atoms with van der Waals surface area (Å²) >= 11 is 0. The molecule has 0 amide bonds. The van der Waals surface area contributed by atoms with Crippen LogP contribution in [0.3, 0.4) is 0 Å². The summed E-state index contributed by atoms with van der Waals surface area (Å²) in [5.74, 6) is -3.63. The molecule has 0 spiro atoms. The predicted molar refractivity (Wildman–Crippen MR) is 64.8 cm³/mol. The van der Waals surface area contributed by atoms with E-state index >= 15 is 0 Å². The van der Waals surface area contributed by atoms with Gasteiger partial charge in [-0.15, -0.1) is 0 Å². The Morgan fingerprint density at radius 2 is 1.63 bits per heavy atom. The molecular weight excluding hydrogens is 281 g/mol. The number of anilines is 1. The number of hydrogen-bond donors (Lipinski definition) is 2. The highest BCUT2D eigenvalue weighted by Gasteiger charge is 2.29. The van der Waals surface area contributed by atoms with Crippen LogP contribution in [0.2, 0.25) is 0 Å². The molecule has 1 fully saturated rings. The molecular formula is C11H13F3N2O2S. The Bertz CT molecular complexity index is 548. The van der Waals surface area contributed by atoms with Gasteiger partial charge in [0, 0.05) is 12.1 Å². The van der Waals surface area contributed by atoms with Gasteiger partial charge in [-0.25, -0.2) is 21.6 Å². The molecule has 19 heavy (non-hydrogen) atoms. The van der Waals surface area contributed by atoms with E-state index in [-0.39, 0.29) is 0 Å². The summed E-state index contributed by atoms with van der Waals surface area (Å²) in [4.78, 5) is 0. The van der Waals surface area contributed by atoms with Crippen LogP contribution in [-0.2, 0) is 10.0 Å². The zero-order valence-corrected chi connectivity index (χ0v) is 10.7. The smallest absolute Gasteiger partial charge is 0.235 e. The quantitative estimate of drug-likeness (QED) is 0.890. The topological polar surface area (TPSA) is 58.2 Å². The molecule has 2 N–H and O–H groups in total. The third-order valence-corrected chi connectivity index (χ3v) is 4.81. The maximum Gasteiger partial charge on any atom is 0.235 e. The minimum Gasteiger partial charge on any atom is -0.317 e. The molecule has 0 saturated carbocycles. The van der Waals surface area contributed by atoms with E-state index in [2.05, 4.69) is 5.32 Å². The Morgan fingerprint density at radius 3 is 2.16 bits per heavy atom. The molecule has 0 unspecified atom stereocenters. The van der Waals surface area contributed by atoms with Gasteiger partial charge in [-0.1, -0.05) is 0 Å². The fourth-order valence-electron chi connectivity index (χ4n) is 1.97. The van der Waals surface area contributed by atoms with Gasteiger partial charge in [-0.05, 0) is 25.9 Å². The Balaban J connectivity index is 2.25. The third-order valence-electron chi connectivity index (χ3n) is 2.98. The summed E-state index contributed by atoms with van der Waals surface area (Å²) in [6.45, 7) is 1.06. The van der Waals surface area contributed by atoms with Crippen LogP contribution >= 0.6 is 0 Å². The fraction of sp³-hybridized carbons (Fsp3) is 0.455. The fourth-order valence-corrected chi connectivity index (χ4v) is 3.47. The minimum atomic E-state index is -3.89. The summed E-state index contributed by atoms with van der Waals surface area (Å²) in [6, 6.07) is 0.868. The molecule has 0 bridgehead atoms. The van der Waals surface area contributed by atoms with Crippen molar-refractivity contribution < 1.29 is 21.6 Å². The average molecular weight is 294 g/mol. The summed E-state index contributed by atoms with van der Waals surface area (Å²) in [7, 11) is -3.89. The SMILES string of the molecule is O=S(=O)(Nc1c(F)cc(F)cc1F)C1CCNCC1. The molecule has 1 saturated heterocycles. The van der Waals surface area contributed by atoms with E-state index in [9.17, 15) is 21.6 Å². The number of rotatable bonds is 3. The van der Waals surface area contributed by atoms with Crippen LogP contribution < -0.4 is 10.0 Å². The van der Waals surface area contributed by atoms with Crippen LogP contribution in [0.5, 0.6) is 0 Å². The maximum atomic E-state index is 13.4. The lowest BCUT2D eigenvalue weighted by molar-refractivity contribution is 0.497. The van der Waals surface area contributed by atoms with Crippen LogP contribution in [0.25, 0.3) is 0 Å². The first-order chi connectivity index (χ1) is 8.90. The third kappa shape index (κ3) is 3.19. The predicted octanol–water partition coefficient (Wildman–Crippen LogP) is 1.60. The number of benzene rings is 1. The normalized spacial score (nSPS) is 17.4. The van der Waals surface area contributed by atoms with Gasteiger partial charge in [-0.2, -0.15) is 0 Å². The summed E-state index contributed by atoms with van der Waals surface area (Å²) in [5.41, 5.74) is -0.833. The first-order valence-electron chi connectivity index (χ1n) is 5.77. The van der Waals surface area contributed by atoms with Gasteiger partial charge in [-0.3, -0.25) is 4.72 Å². The van der Waals surface area contributed by atoms with Crippen LogP contribution in [0.15, 0.2) is 12.1 Å². The van der Waals surface area contributed by atoms with Crippen LogP contribution in [-0.4, -0.2) is 26.8 Å². The lowest BCUT2D eigenvalue weighted by Gasteiger charge is -2.23. The summed E-state index contributed by atoms with van der Waals surface area (Å²) in [5, 5.41) is 2.28. The molecule has 4 nitrogen and oxygen atoms in total. The number of sulfonamides is 1. The molecule has 0 aromatic heterocycles. The number of nitrogens with one attached hydrogen (secondary N) is 2. The standard InChI is InChI=1S/C11H13F3N2O2S/c12-7-5-9(13)11(10(14)6-7)16-19(17,18)8-1-3-15-4-2-8/h5-6,8,15-16H,1-4H2. The Labute approximate surface area is 109 Å². The molecule has 8 heteroatoms. The van der Waals surface area contributed by atoms with Gasteiger partial charge in [0.1, 0.15) is 11.5 Å². The van der Waals surface area contributed by atoms with Crippen molar-refractivity contribution in [2.75, 3.05) is 17.8 Å². The van der Waals surface area contributed by atoms with E-state index in [1.54, 1.807) is 0 Å². The van der Waals surface area contributed by atoms with Gasteiger partial charge >= 0.3 is 0 Å². The Kier molecular flexibility index (Phi) is 4.00. The highest BCUT2D eigenvalue weighted by molar-refractivity contribution is 7.93. The monoisotopic (exact) mass is 294 g/mol. The lowest BCUT2D eigenvalue weighted by Crippen LogP contribution is -2.38. The second-order valence-corrected chi connectivity index (χ2v) is 6.30. The van der Waals surface area contributed by atoms with Crippen molar-refractivity contribution in [3.05, 3.63) is 29.6 Å². The molecule has 1 aromatic carbocycles. The van der Waals surface area contributed by atoms with Crippen LogP contribution in [0, 0.1) is 17.5 Å². The first-order valence-corrected chi connectivity index (χ1v) is 7.31. The molecule has 0 aliphatic carbocycles. The highest BCUT2D eigenvalue weighted by atomic mass is 32.2. The van der Waals surface area contributed by atoms with Crippen molar-refractivity contribution in [2.45, 2.75) is 18.1 Å². The lowest BCUT2D eigenvalue weighted by atomic mass is 10.2. The molecule has 1 aromatic rings. The molecule has 0 atom stereocenters. The largest absolute Gasteiger partial charge is 0.317 e. The van der Waals surface area contributed by atoms with Crippen molar-refractivity contribution >= 4 is 15.7 Å². The van der Waals surface area contributed by atoms with E-state index in [0.29, 0.717) is 38.1 Å². The Morgan fingerprint density at radius 1 is 1.11 bits per heavy atom. The highest BCUT2D eigenvalue weighted by Crippen LogP contribution is 2.24. The van der Waals surface area contributed by atoms with E-state index in [0.717, 1.165) is 0 Å². The summed E-state index contributed by atoms with van der Waals surface area (Å²) in [6.07, 6.45) is 0.722. The van der Waals surface area contributed by atoms with Crippen molar-refractivity contribution in [3.8, 4) is 0 Å². The number of halogens is 3. The molecule has 106 valence electrons. The van der Waals surface area contributed by atoms with E-state index in [1.807, 2.05) is 4.72 Å². The van der Waals surface area contributed by atoms with E-state index in [4.69, 9.17) is 0 Å². The molecule has 1 aliphatic heterocycles.